The highest BCUT2D eigenvalue weighted by molar-refractivity contribution is 7.89. The van der Waals surface area contributed by atoms with Crippen LogP contribution in [0.4, 0.5) is 0 Å². The number of carbonyl (C=O) groups is 1. The van der Waals surface area contributed by atoms with E-state index in [0.29, 0.717) is 56.3 Å². The zero-order valence-corrected chi connectivity index (χ0v) is 30.1. The monoisotopic (exact) mass is 723 g/mol. The highest BCUT2D eigenvalue weighted by atomic mass is 32.2. The van der Waals surface area contributed by atoms with Crippen LogP contribution in [0.5, 0.6) is 5.75 Å². The van der Waals surface area contributed by atoms with Crippen molar-refractivity contribution in [3.63, 3.8) is 0 Å². The van der Waals surface area contributed by atoms with Gasteiger partial charge in [0.25, 0.3) is 5.56 Å². The van der Waals surface area contributed by atoms with Crippen LogP contribution in [0.2, 0.25) is 0 Å². The summed E-state index contributed by atoms with van der Waals surface area (Å²) in [5.41, 5.74) is 3.88. The number of rotatable bonds is 9. The van der Waals surface area contributed by atoms with E-state index in [9.17, 15) is 18.0 Å². The first-order chi connectivity index (χ1) is 24.7. The van der Waals surface area contributed by atoms with E-state index in [1.165, 1.54) is 11.3 Å². The molecule has 1 atom stereocenters. The molecule has 0 aliphatic carbocycles. The van der Waals surface area contributed by atoms with Crippen molar-refractivity contribution in [3.8, 4) is 22.7 Å². The van der Waals surface area contributed by atoms with Gasteiger partial charge in [0.15, 0.2) is 4.80 Å². The SMILES string of the molecule is CCOC(=O)C1=C(C)N=c2s/c(=C\c3cn(-c4ccccc4)nc3-c3ccc(S(=O)(=O)N4CCCCC4)cc3)c(=O)n2C1c1ccc(OC)cc1. The average molecular weight is 724 g/mol. The van der Waals surface area contributed by atoms with Crippen LogP contribution in [0.25, 0.3) is 23.0 Å². The van der Waals surface area contributed by atoms with Gasteiger partial charge in [-0.2, -0.15) is 9.40 Å². The highest BCUT2D eigenvalue weighted by Crippen LogP contribution is 2.32. The molecular formula is C38H37N5O6S2. The summed E-state index contributed by atoms with van der Waals surface area (Å²) in [6.07, 6.45) is 6.36. The number of hydrogen-bond donors (Lipinski definition) is 0. The number of carbonyl (C=O) groups excluding carboxylic acids is 1. The molecule has 3 aromatic carbocycles. The lowest BCUT2D eigenvalue weighted by Crippen LogP contribution is -2.39. The van der Waals surface area contributed by atoms with Crippen LogP contribution >= 0.6 is 11.3 Å². The van der Waals surface area contributed by atoms with E-state index in [4.69, 9.17) is 19.6 Å². The third-order valence-electron chi connectivity index (χ3n) is 9.08. The van der Waals surface area contributed by atoms with Crippen LogP contribution < -0.4 is 19.6 Å². The molecule has 262 valence electrons. The normalized spacial score (nSPS) is 16.8. The van der Waals surface area contributed by atoms with Gasteiger partial charge >= 0.3 is 5.97 Å². The number of methoxy groups -OCH3 is 1. The maximum atomic E-state index is 14.4. The largest absolute Gasteiger partial charge is 0.497 e. The average Bonchev–Trinajstić information content (AvgIpc) is 3.72. The molecule has 4 heterocycles. The van der Waals surface area contributed by atoms with Crippen molar-refractivity contribution in [3.05, 3.63) is 127 Å². The minimum atomic E-state index is -3.61. The molecule has 7 rings (SSSR count). The molecule has 11 nitrogen and oxygen atoms in total. The van der Waals surface area contributed by atoms with Gasteiger partial charge in [0.05, 0.1) is 51.8 Å². The summed E-state index contributed by atoms with van der Waals surface area (Å²) in [7, 11) is -2.04. The number of sulfonamides is 1. The Morgan fingerprint density at radius 2 is 1.69 bits per heavy atom. The Bertz CT molecular complexity index is 2410. The number of fused-ring (bicyclic) bond motifs is 1. The topological polar surface area (TPSA) is 125 Å². The third-order valence-corrected chi connectivity index (χ3v) is 12.0. The second kappa shape index (κ2) is 14.3. The molecule has 13 heteroatoms. The lowest BCUT2D eigenvalue weighted by molar-refractivity contribution is -0.139. The number of allylic oxidation sites excluding steroid dienone is 1. The van der Waals surface area contributed by atoms with E-state index < -0.39 is 22.0 Å². The second-order valence-electron chi connectivity index (χ2n) is 12.3. The molecule has 0 amide bonds. The number of esters is 1. The Labute approximate surface area is 299 Å². The Balaban J connectivity index is 1.36. The van der Waals surface area contributed by atoms with Crippen LogP contribution in [-0.2, 0) is 19.6 Å². The summed E-state index contributed by atoms with van der Waals surface area (Å²) in [5, 5.41) is 4.90. The van der Waals surface area contributed by atoms with Crippen LogP contribution in [0.1, 0.15) is 50.3 Å². The van der Waals surface area contributed by atoms with Crippen LogP contribution in [0, 0.1) is 0 Å². The van der Waals surface area contributed by atoms with Crippen molar-refractivity contribution in [1.29, 1.82) is 0 Å². The first-order valence-corrected chi connectivity index (χ1v) is 19.0. The fourth-order valence-corrected chi connectivity index (χ4v) is 9.06. The second-order valence-corrected chi connectivity index (χ2v) is 15.2. The minimum absolute atomic E-state index is 0.175. The molecule has 0 N–H and O–H groups in total. The number of aromatic nitrogens is 3. The first kappa shape index (κ1) is 34.3. The number of ether oxygens (including phenoxy) is 2. The van der Waals surface area contributed by atoms with Gasteiger partial charge in [-0.15, -0.1) is 0 Å². The van der Waals surface area contributed by atoms with Gasteiger partial charge in [0, 0.05) is 30.4 Å². The minimum Gasteiger partial charge on any atom is -0.497 e. The predicted octanol–water partition coefficient (Wildman–Crippen LogP) is 4.83. The number of hydrogen-bond acceptors (Lipinski definition) is 9. The Kier molecular flexibility index (Phi) is 9.60. The lowest BCUT2D eigenvalue weighted by Gasteiger charge is -2.25. The molecular weight excluding hydrogens is 687 g/mol. The third kappa shape index (κ3) is 6.60. The molecule has 5 aromatic rings. The van der Waals surface area contributed by atoms with Gasteiger partial charge in [0.1, 0.15) is 5.75 Å². The molecule has 0 bridgehead atoms. The molecule has 1 unspecified atom stereocenters. The summed E-state index contributed by atoms with van der Waals surface area (Å²) in [6.45, 7) is 4.70. The summed E-state index contributed by atoms with van der Waals surface area (Å²) in [5.74, 6) is 0.107. The Morgan fingerprint density at radius 1 is 0.980 bits per heavy atom. The maximum Gasteiger partial charge on any atom is 0.338 e. The van der Waals surface area contributed by atoms with Crippen molar-refractivity contribution in [2.45, 2.75) is 44.0 Å². The molecule has 2 aromatic heterocycles. The number of thiazole rings is 1. The maximum absolute atomic E-state index is 14.4. The fraction of sp³-hybridized carbons (Fsp3) is 0.263. The van der Waals surface area contributed by atoms with E-state index in [2.05, 4.69) is 0 Å². The zero-order valence-electron chi connectivity index (χ0n) is 28.5. The van der Waals surface area contributed by atoms with Gasteiger partial charge in [-0.05, 0) is 74.7 Å². The van der Waals surface area contributed by atoms with Gasteiger partial charge < -0.3 is 9.47 Å². The predicted molar refractivity (Wildman–Crippen MR) is 195 cm³/mol. The van der Waals surface area contributed by atoms with Gasteiger partial charge in [0.2, 0.25) is 10.0 Å². The van der Waals surface area contributed by atoms with E-state index >= 15 is 0 Å². The summed E-state index contributed by atoms with van der Waals surface area (Å²) in [6, 6.07) is 22.8. The van der Waals surface area contributed by atoms with E-state index in [-0.39, 0.29) is 22.6 Å². The van der Waals surface area contributed by atoms with Crippen molar-refractivity contribution >= 4 is 33.4 Å². The molecule has 0 radical (unpaired) electrons. The molecule has 1 fully saturated rings. The van der Waals surface area contributed by atoms with Crippen molar-refractivity contribution < 1.29 is 22.7 Å². The molecule has 1 saturated heterocycles. The van der Waals surface area contributed by atoms with Crippen LogP contribution in [0.3, 0.4) is 0 Å². The molecule has 0 saturated carbocycles. The Hall–Kier alpha value is -5.11. The molecule has 0 spiro atoms. The molecule has 51 heavy (non-hydrogen) atoms. The number of nitrogens with zero attached hydrogens (tertiary/aromatic N) is 5. The highest BCUT2D eigenvalue weighted by Gasteiger charge is 2.33. The van der Waals surface area contributed by atoms with Crippen molar-refractivity contribution in [2.75, 3.05) is 26.8 Å². The van der Waals surface area contributed by atoms with Crippen LogP contribution in [0.15, 0.2) is 111 Å². The fourth-order valence-electron chi connectivity index (χ4n) is 6.50. The standard InChI is InChI=1S/C38H37N5O6S2/c1-4-49-37(45)33-25(2)39-38-43(35(33)27-13-17-30(48-3)18-14-27)36(44)32(50-38)23-28-24-42(29-11-7-5-8-12-29)40-34(28)26-15-19-31(20-16-26)51(46,47)41-21-9-6-10-22-41/h5,7-8,11-20,23-24,35H,4,6,9-10,21-22H2,1-3H3/b32-23-. The molecule has 2 aliphatic rings. The molecule has 2 aliphatic heterocycles. The number of para-hydroxylation sites is 1. The smallest absolute Gasteiger partial charge is 0.338 e. The first-order valence-electron chi connectivity index (χ1n) is 16.8. The van der Waals surface area contributed by atoms with E-state index in [0.717, 1.165) is 24.9 Å². The lowest BCUT2D eigenvalue weighted by atomic mass is 9.96. The Morgan fingerprint density at radius 3 is 2.35 bits per heavy atom. The van der Waals surface area contributed by atoms with E-state index in [1.54, 1.807) is 77.0 Å². The van der Waals surface area contributed by atoms with Gasteiger partial charge in [-0.25, -0.2) is 22.9 Å². The summed E-state index contributed by atoms with van der Waals surface area (Å²) in [4.78, 5) is 33.1. The van der Waals surface area contributed by atoms with Crippen molar-refractivity contribution in [1.82, 2.24) is 18.7 Å². The summed E-state index contributed by atoms with van der Waals surface area (Å²) >= 11 is 1.22. The number of piperidine rings is 1. The van der Waals surface area contributed by atoms with Crippen LogP contribution in [-0.4, -0.2) is 59.8 Å². The number of benzene rings is 3. The van der Waals surface area contributed by atoms with Gasteiger partial charge in [-0.3, -0.25) is 9.36 Å². The van der Waals surface area contributed by atoms with Gasteiger partial charge in [-0.1, -0.05) is 60.2 Å². The quantitative estimate of drug-likeness (QED) is 0.200. The summed E-state index contributed by atoms with van der Waals surface area (Å²) < 4.78 is 42.7. The van der Waals surface area contributed by atoms with E-state index in [1.807, 2.05) is 48.7 Å². The zero-order chi connectivity index (χ0) is 35.7. The van der Waals surface area contributed by atoms with Crippen molar-refractivity contribution in [2.24, 2.45) is 4.99 Å².